The molecule has 0 saturated heterocycles. The lowest BCUT2D eigenvalue weighted by Gasteiger charge is -2.11. The van der Waals surface area contributed by atoms with E-state index in [4.69, 9.17) is 9.83 Å². The molecule has 24 heavy (non-hydrogen) atoms. The summed E-state index contributed by atoms with van der Waals surface area (Å²) in [5.41, 5.74) is 2.87. The van der Waals surface area contributed by atoms with Gasteiger partial charge >= 0.3 is 0 Å². The van der Waals surface area contributed by atoms with Gasteiger partial charge in [-0.05, 0) is 41.2 Å². The third-order valence-electron chi connectivity index (χ3n) is 3.54. The molecular weight excluding hydrogens is 317 g/mol. The fourth-order valence-electron chi connectivity index (χ4n) is 2.27. The summed E-state index contributed by atoms with van der Waals surface area (Å²) in [5.74, 6) is 0.692. The van der Waals surface area contributed by atoms with Crippen LogP contribution in [0.2, 0.25) is 0 Å². The number of nitrogens with zero attached hydrogens (tertiary/aromatic N) is 1. The van der Waals surface area contributed by atoms with Crippen LogP contribution in [-0.2, 0) is 6.54 Å². The van der Waals surface area contributed by atoms with E-state index in [-0.39, 0.29) is 0 Å². The second-order valence-corrected chi connectivity index (χ2v) is 5.84. The van der Waals surface area contributed by atoms with E-state index < -0.39 is 0 Å². The van der Waals surface area contributed by atoms with Crippen LogP contribution >= 0.6 is 9.24 Å². The number of furan rings is 1. The fraction of sp³-hybridized carbons (Fsp3) is 0.0526. The summed E-state index contributed by atoms with van der Waals surface area (Å²) in [6.45, 7) is 0.641. The summed E-state index contributed by atoms with van der Waals surface area (Å²) in [5, 5.41) is 12.8. The van der Waals surface area contributed by atoms with Crippen molar-refractivity contribution in [2.75, 3.05) is 0 Å². The molecule has 120 valence electrons. The molecular formula is C19H18N3OP. The van der Waals surface area contributed by atoms with Crippen LogP contribution in [0.5, 0.6) is 0 Å². The zero-order chi connectivity index (χ0) is 16.8. The van der Waals surface area contributed by atoms with Crippen LogP contribution in [0.3, 0.4) is 0 Å². The van der Waals surface area contributed by atoms with E-state index >= 15 is 0 Å². The standard InChI is InChI=1S/C19H18N3OP/c20-15(16-7-3-4-10-21-16)12-17(18-8-5-11-23-18)22-13-14-6-1-2-9-19(14)24/h1-12,20,22H,13,24H2/b17-12-,20-15?. The Morgan fingerprint density at radius 2 is 1.96 bits per heavy atom. The lowest BCUT2D eigenvalue weighted by Crippen LogP contribution is -2.16. The lowest BCUT2D eigenvalue weighted by atomic mass is 10.1. The van der Waals surface area contributed by atoms with E-state index in [2.05, 4.69) is 25.6 Å². The first-order valence-electron chi connectivity index (χ1n) is 7.57. The van der Waals surface area contributed by atoms with E-state index in [0.29, 0.717) is 23.7 Å². The molecule has 0 fully saturated rings. The van der Waals surface area contributed by atoms with Crippen molar-refractivity contribution in [1.29, 1.82) is 5.41 Å². The first kappa shape index (κ1) is 16.2. The van der Waals surface area contributed by atoms with Crippen molar-refractivity contribution in [2.45, 2.75) is 6.54 Å². The Morgan fingerprint density at radius 1 is 1.12 bits per heavy atom. The molecule has 2 heterocycles. The number of hydrogen-bond acceptors (Lipinski definition) is 4. The zero-order valence-corrected chi connectivity index (χ0v) is 14.2. The van der Waals surface area contributed by atoms with Crippen LogP contribution in [0.25, 0.3) is 5.70 Å². The number of nitrogens with one attached hydrogen (secondary N) is 2. The van der Waals surface area contributed by atoms with Crippen molar-refractivity contribution in [3.8, 4) is 0 Å². The average Bonchev–Trinajstić information content (AvgIpc) is 3.15. The monoisotopic (exact) mass is 335 g/mol. The van der Waals surface area contributed by atoms with E-state index in [0.717, 1.165) is 11.0 Å². The van der Waals surface area contributed by atoms with Gasteiger partial charge in [0.1, 0.15) is 5.76 Å². The maximum absolute atomic E-state index is 8.26. The number of hydrogen-bond donors (Lipinski definition) is 2. The highest BCUT2D eigenvalue weighted by Crippen LogP contribution is 2.14. The highest BCUT2D eigenvalue weighted by molar-refractivity contribution is 7.27. The molecule has 0 spiro atoms. The Labute approximate surface area is 143 Å². The van der Waals surface area contributed by atoms with Gasteiger partial charge in [0.25, 0.3) is 0 Å². The number of benzene rings is 1. The Kier molecular flexibility index (Phi) is 5.19. The maximum atomic E-state index is 8.26. The molecule has 0 bridgehead atoms. The fourth-order valence-corrected chi connectivity index (χ4v) is 2.58. The molecule has 1 aromatic carbocycles. The quantitative estimate of drug-likeness (QED) is 0.536. The molecule has 0 aliphatic heterocycles. The van der Waals surface area contributed by atoms with E-state index in [1.165, 1.54) is 5.56 Å². The van der Waals surface area contributed by atoms with Crippen molar-refractivity contribution in [3.05, 3.63) is 90.2 Å². The van der Waals surface area contributed by atoms with Gasteiger partial charge in [0.05, 0.1) is 23.4 Å². The van der Waals surface area contributed by atoms with Crippen LogP contribution in [0, 0.1) is 5.41 Å². The molecule has 0 aliphatic rings. The van der Waals surface area contributed by atoms with Crippen LogP contribution in [0.1, 0.15) is 17.0 Å². The maximum Gasteiger partial charge on any atom is 0.149 e. The molecule has 0 radical (unpaired) electrons. The molecule has 4 nitrogen and oxygen atoms in total. The van der Waals surface area contributed by atoms with E-state index in [1.807, 2.05) is 48.5 Å². The predicted molar refractivity (Wildman–Crippen MR) is 100 cm³/mol. The molecule has 2 aromatic heterocycles. The topological polar surface area (TPSA) is 61.9 Å². The van der Waals surface area contributed by atoms with Crippen molar-refractivity contribution in [3.63, 3.8) is 0 Å². The van der Waals surface area contributed by atoms with Crippen molar-refractivity contribution < 1.29 is 4.42 Å². The summed E-state index contributed by atoms with van der Waals surface area (Å²) < 4.78 is 5.50. The highest BCUT2D eigenvalue weighted by atomic mass is 31.0. The van der Waals surface area contributed by atoms with Gasteiger partial charge in [0, 0.05) is 12.7 Å². The van der Waals surface area contributed by atoms with Crippen LogP contribution in [0.4, 0.5) is 0 Å². The average molecular weight is 335 g/mol. The Bertz CT molecular complexity index is 842. The van der Waals surface area contributed by atoms with Crippen LogP contribution in [0.15, 0.2) is 77.6 Å². The molecule has 1 atom stereocenters. The number of allylic oxidation sites excluding steroid dienone is 1. The summed E-state index contributed by atoms with van der Waals surface area (Å²) in [6.07, 6.45) is 5.05. The normalized spacial score (nSPS) is 11.3. The smallest absolute Gasteiger partial charge is 0.149 e. The van der Waals surface area contributed by atoms with E-state index in [1.54, 1.807) is 18.5 Å². The Morgan fingerprint density at radius 3 is 2.67 bits per heavy atom. The highest BCUT2D eigenvalue weighted by Gasteiger charge is 2.08. The SMILES string of the molecule is N=C(/C=C(\NCc1ccccc1P)c1ccco1)c1ccccn1. The first-order valence-corrected chi connectivity index (χ1v) is 8.14. The molecule has 2 N–H and O–H groups in total. The van der Waals surface area contributed by atoms with Gasteiger partial charge < -0.3 is 9.73 Å². The summed E-state index contributed by atoms with van der Waals surface area (Å²) in [4.78, 5) is 4.21. The molecule has 3 rings (SSSR count). The largest absolute Gasteiger partial charge is 0.463 e. The molecule has 5 heteroatoms. The second kappa shape index (κ2) is 7.71. The van der Waals surface area contributed by atoms with Gasteiger partial charge in [-0.1, -0.05) is 30.3 Å². The molecule has 3 aromatic rings. The summed E-state index contributed by atoms with van der Waals surface area (Å²) in [6, 6.07) is 17.4. The molecule has 0 saturated carbocycles. The summed E-state index contributed by atoms with van der Waals surface area (Å²) >= 11 is 0. The van der Waals surface area contributed by atoms with Crippen LogP contribution < -0.4 is 10.6 Å². The summed E-state index contributed by atoms with van der Waals surface area (Å²) in [7, 11) is 2.74. The van der Waals surface area contributed by atoms with Crippen molar-refractivity contribution in [2.24, 2.45) is 0 Å². The number of aromatic nitrogens is 1. The van der Waals surface area contributed by atoms with Gasteiger partial charge in [-0.25, -0.2) is 0 Å². The zero-order valence-electron chi connectivity index (χ0n) is 13.1. The van der Waals surface area contributed by atoms with Gasteiger partial charge in [0.2, 0.25) is 0 Å². The van der Waals surface area contributed by atoms with Gasteiger partial charge in [-0.2, -0.15) is 0 Å². The minimum absolute atomic E-state index is 0.327. The predicted octanol–water partition coefficient (Wildman–Crippen LogP) is 3.37. The van der Waals surface area contributed by atoms with Crippen LogP contribution in [-0.4, -0.2) is 10.7 Å². The number of pyridine rings is 1. The van der Waals surface area contributed by atoms with Gasteiger partial charge in [0.15, 0.2) is 0 Å². The van der Waals surface area contributed by atoms with Crippen molar-refractivity contribution >= 4 is 26.0 Å². The second-order valence-electron chi connectivity index (χ2n) is 5.22. The molecule has 0 aliphatic carbocycles. The lowest BCUT2D eigenvalue weighted by molar-refractivity contribution is 0.547. The number of rotatable bonds is 6. The first-order chi connectivity index (χ1) is 11.7. The minimum Gasteiger partial charge on any atom is -0.463 e. The van der Waals surface area contributed by atoms with Gasteiger partial charge in [-0.15, -0.1) is 9.24 Å². The third kappa shape index (κ3) is 3.98. The van der Waals surface area contributed by atoms with Crippen molar-refractivity contribution in [1.82, 2.24) is 10.3 Å². The van der Waals surface area contributed by atoms with E-state index in [9.17, 15) is 0 Å². The Balaban J connectivity index is 1.83. The molecule has 0 amide bonds. The Hall–Kier alpha value is -2.71. The van der Waals surface area contributed by atoms with Gasteiger partial charge in [-0.3, -0.25) is 10.4 Å². The molecule has 1 unspecified atom stereocenters. The minimum atomic E-state index is 0.327. The third-order valence-corrected chi connectivity index (χ3v) is 4.10.